The molecule has 2 bridgehead atoms. The quantitative estimate of drug-likeness (QED) is 0.918. The maximum atomic E-state index is 12.6. The Balaban J connectivity index is 1.45. The van der Waals surface area contributed by atoms with Gasteiger partial charge in [-0.1, -0.05) is 30.3 Å². The summed E-state index contributed by atoms with van der Waals surface area (Å²) in [6.45, 7) is 2.14. The van der Waals surface area contributed by atoms with E-state index in [0.717, 1.165) is 24.1 Å². The predicted molar refractivity (Wildman–Crippen MR) is 95.2 cm³/mol. The molecular weight excluding hydrogens is 330 g/mol. The Bertz CT molecular complexity index is 765. The molecule has 6 nitrogen and oxygen atoms in total. The standard InChI is InChI=1S/C20H23N3O3/c1-14-7-10-18(22-21-14)20(25)11-16-8-9-17(12-20)23(16)19(24)26-13-15-5-3-2-4-6-15/h2-7,10,16-17,25H,8-9,11-13H2,1H3. The lowest BCUT2D eigenvalue weighted by Crippen LogP contribution is -2.52. The molecule has 0 saturated carbocycles. The van der Waals surface area contributed by atoms with Crippen molar-refractivity contribution in [1.82, 2.24) is 15.1 Å². The summed E-state index contributed by atoms with van der Waals surface area (Å²) >= 11 is 0. The average molecular weight is 353 g/mol. The Kier molecular flexibility index (Phi) is 4.36. The van der Waals surface area contributed by atoms with Gasteiger partial charge >= 0.3 is 6.09 Å². The number of rotatable bonds is 3. The molecule has 2 atom stereocenters. The van der Waals surface area contributed by atoms with E-state index in [2.05, 4.69) is 10.2 Å². The van der Waals surface area contributed by atoms with Crippen LogP contribution in [0.4, 0.5) is 4.79 Å². The Labute approximate surface area is 152 Å². The van der Waals surface area contributed by atoms with Gasteiger partial charge in [-0.05, 0) is 37.5 Å². The number of aliphatic hydroxyl groups is 1. The third kappa shape index (κ3) is 3.17. The van der Waals surface area contributed by atoms with Gasteiger partial charge in [0.15, 0.2) is 0 Å². The van der Waals surface area contributed by atoms with Crippen molar-refractivity contribution < 1.29 is 14.6 Å². The van der Waals surface area contributed by atoms with E-state index >= 15 is 0 Å². The van der Waals surface area contributed by atoms with E-state index in [1.54, 1.807) is 0 Å². The summed E-state index contributed by atoms with van der Waals surface area (Å²) in [7, 11) is 0. The first-order chi connectivity index (χ1) is 12.5. The van der Waals surface area contributed by atoms with Crippen LogP contribution in [0.1, 0.15) is 42.6 Å². The predicted octanol–water partition coefficient (Wildman–Crippen LogP) is 2.94. The van der Waals surface area contributed by atoms with Crippen LogP contribution < -0.4 is 0 Å². The summed E-state index contributed by atoms with van der Waals surface area (Å²) in [4.78, 5) is 14.4. The topological polar surface area (TPSA) is 75.5 Å². The largest absolute Gasteiger partial charge is 0.445 e. The van der Waals surface area contributed by atoms with Crippen molar-refractivity contribution in [1.29, 1.82) is 0 Å². The van der Waals surface area contributed by atoms with Gasteiger partial charge < -0.3 is 14.7 Å². The van der Waals surface area contributed by atoms with Crippen molar-refractivity contribution >= 4 is 6.09 Å². The molecule has 3 heterocycles. The van der Waals surface area contributed by atoms with E-state index in [9.17, 15) is 9.90 Å². The van der Waals surface area contributed by atoms with Crippen LogP contribution in [-0.4, -0.2) is 38.4 Å². The van der Waals surface area contributed by atoms with E-state index in [4.69, 9.17) is 4.74 Å². The Morgan fingerprint density at radius 1 is 1.15 bits per heavy atom. The van der Waals surface area contributed by atoms with Crippen molar-refractivity contribution in [2.75, 3.05) is 0 Å². The Morgan fingerprint density at radius 2 is 1.85 bits per heavy atom. The number of carbonyl (C=O) groups excluding carboxylic acids is 1. The fourth-order valence-electron chi connectivity index (χ4n) is 4.17. The summed E-state index contributed by atoms with van der Waals surface area (Å²) in [5.74, 6) is 0. The maximum Gasteiger partial charge on any atom is 0.410 e. The molecule has 1 aromatic carbocycles. The smallest absolute Gasteiger partial charge is 0.410 e. The van der Waals surface area contributed by atoms with E-state index in [0.29, 0.717) is 18.5 Å². The molecule has 2 aliphatic rings. The van der Waals surface area contributed by atoms with Crippen LogP contribution in [-0.2, 0) is 16.9 Å². The molecule has 2 saturated heterocycles. The molecule has 0 aliphatic carbocycles. The molecule has 26 heavy (non-hydrogen) atoms. The van der Waals surface area contributed by atoms with Gasteiger partial charge in [0, 0.05) is 24.9 Å². The molecule has 2 aliphatic heterocycles. The molecule has 2 unspecified atom stereocenters. The first-order valence-corrected chi connectivity index (χ1v) is 9.07. The fraction of sp³-hybridized carbons (Fsp3) is 0.450. The number of ether oxygens (including phenoxy) is 1. The molecule has 6 heteroatoms. The number of fused-ring (bicyclic) bond motifs is 2. The zero-order valence-electron chi connectivity index (χ0n) is 14.8. The minimum Gasteiger partial charge on any atom is -0.445 e. The van der Waals surface area contributed by atoms with E-state index in [1.807, 2.05) is 54.3 Å². The summed E-state index contributed by atoms with van der Waals surface area (Å²) in [5.41, 5.74) is 1.36. The Morgan fingerprint density at radius 3 is 2.46 bits per heavy atom. The maximum absolute atomic E-state index is 12.6. The number of carbonyl (C=O) groups is 1. The van der Waals surface area contributed by atoms with E-state index < -0.39 is 5.60 Å². The van der Waals surface area contributed by atoms with Crippen molar-refractivity contribution in [3.8, 4) is 0 Å². The lowest BCUT2D eigenvalue weighted by Gasteiger charge is -2.42. The molecule has 2 aromatic rings. The van der Waals surface area contributed by atoms with Gasteiger partial charge in [0.1, 0.15) is 12.2 Å². The second kappa shape index (κ2) is 6.68. The van der Waals surface area contributed by atoms with Gasteiger partial charge in [0.2, 0.25) is 0 Å². The van der Waals surface area contributed by atoms with Gasteiger partial charge in [-0.3, -0.25) is 0 Å². The van der Waals surface area contributed by atoms with Crippen molar-refractivity contribution in [3.63, 3.8) is 0 Å². The van der Waals surface area contributed by atoms with Gasteiger partial charge in [-0.2, -0.15) is 10.2 Å². The van der Waals surface area contributed by atoms with E-state index in [1.165, 1.54) is 0 Å². The van der Waals surface area contributed by atoms with Gasteiger partial charge in [-0.25, -0.2) is 4.79 Å². The number of amides is 1. The molecule has 0 radical (unpaired) electrons. The van der Waals surface area contributed by atoms with Crippen LogP contribution in [0, 0.1) is 6.92 Å². The van der Waals surface area contributed by atoms with Crippen LogP contribution in [0.15, 0.2) is 42.5 Å². The molecule has 1 amide bonds. The second-order valence-corrected chi connectivity index (χ2v) is 7.33. The molecule has 2 fully saturated rings. The monoisotopic (exact) mass is 353 g/mol. The highest BCUT2D eigenvalue weighted by Crippen LogP contribution is 2.45. The van der Waals surface area contributed by atoms with Crippen LogP contribution in [0.25, 0.3) is 0 Å². The molecule has 4 rings (SSSR count). The number of aromatic nitrogens is 2. The van der Waals surface area contributed by atoms with Crippen LogP contribution in [0.5, 0.6) is 0 Å². The summed E-state index contributed by atoms with van der Waals surface area (Å²) < 4.78 is 5.52. The average Bonchev–Trinajstić information content (AvgIpc) is 2.93. The number of hydrogen-bond donors (Lipinski definition) is 1. The molecule has 136 valence electrons. The number of piperidine rings is 1. The highest BCUT2D eigenvalue weighted by atomic mass is 16.6. The number of hydrogen-bond acceptors (Lipinski definition) is 5. The fourth-order valence-corrected chi connectivity index (χ4v) is 4.17. The van der Waals surface area contributed by atoms with Crippen LogP contribution >= 0.6 is 0 Å². The van der Waals surface area contributed by atoms with Crippen molar-refractivity contribution in [2.45, 2.75) is 56.9 Å². The van der Waals surface area contributed by atoms with Gasteiger partial charge in [0.05, 0.1) is 11.4 Å². The van der Waals surface area contributed by atoms with Crippen LogP contribution in [0.2, 0.25) is 0 Å². The van der Waals surface area contributed by atoms with Crippen molar-refractivity contribution in [3.05, 3.63) is 59.4 Å². The highest BCUT2D eigenvalue weighted by molar-refractivity contribution is 5.69. The first-order valence-electron chi connectivity index (χ1n) is 9.07. The second-order valence-electron chi connectivity index (χ2n) is 7.33. The van der Waals surface area contributed by atoms with Gasteiger partial charge in [0.25, 0.3) is 0 Å². The highest BCUT2D eigenvalue weighted by Gasteiger charge is 2.51. The SMILES string of the molecule is Cc1ccc(C2(O)CC3CCC(C2)N3C(=O)OCc2ccccc2)nn1. The molecule has 1 N–H and O–H groups in total. The third-order valence-electron chi connectivity index (χ3n) is 5.46. The minimum absolute atomic E-state index is 0.0230. The third-order valence-corrected chi connectivity index (χ3v) is 5.46. The first kappa shape index (κ1) is 17.0. The lowest BCUT2D eigenvalue weighted by molar-refractivity contribution is -0.0569. The number of nitrogens with zero attached hydrogens (tertiary/aromatic N) is 3. The normalized spacial score (nSPS) is 27.4. The van der Waals surface area contributed by atoms with Crippen LogP contribution in [0.3, 0.4) is 0 Å². The minimum atomic E-state index is -1.03. The molecule has 0 spiro atoms. The molecule has 1 aromatic heterocycles. The van der Waals surface area contributed by atoms with E-state index in [-0.39, 0.29) is 24.8 Å². The van der Waals surface area contributed by atoms with Crippen molar-refractivity contribution in [2.24, 2.45) is 0 Å². The summed E-state index contributed by atoms with van der Waals surface area (Å²) in [6, 6.07) is 13.3. The van der Waals surface area contributed by atoms with Gasteiger partial charge in [-0.15, -0.1) is 0 Å². The summed E-state index contributed by atoms with van der Waals surface area (Å²) in [5, 5.41) is 19.4. The Hall–Kier alpha value is -2.47. The number of aryl methyl sites for hydroxylation is 1. The zero-order valence-corrected chi connectivity index (χ0v) is 14.8. The zero-order chi connectivity index (χ0) is 18.1. The summed E-state index contributed by atoms with van der Waals surface area (Å²) in [6.07, 6.45) is 2.42. The lowest BCUT2D eigenvalue weighted by atomic mass is 9.83. The number of benzene rings is 1. The molecular formula is C20H23N3O3.